The van der Waals surface area contributed by atoms with Gasteiger partial charge in [0.05, 0.1) is 17.8 Å². The van der Waals surface area contributed by atoms with Gasteiger partial charge in [0, 0.05) is 35.9 Å². The van der Waals surface area contributed by atoms with Crippen LogP contribution in [0.15, 0.2) is 77.6 Å². The lowest BCUT2D eigenvalue weighted by Crippen LogP contribution is -2.27. The Hall–Kier alpha value is -2.89. The Labute approximate surface area is 179 Å². The minimum atomic E-state index is 0.0814. The van der Waals surface area contributed by atoms with Crippen molar-refractivity contribution < 1.29 is 4.79 Å². The van der Waals surface area contributed by atoms with Crippen LogP contribution in [0.5, 0.6) is 0 Å². The highest BCUT2D eigenvalue weighted by Gasteiger charge is 2.17. The summed E-state index contributed by atoms with van der Waals surface area (Å²) in [6, 6.07) is 19.6. The summed E-state index contributed by atoms with van der Waals surface area (Å²) in [6.07, 6.45) is 2.40. The number of benzene rings is 2. The van der Waals surface area contributed by atoms with Gasteiger partial charge in [-0.05, 0) is 46.7 Å². The molecule has 4 rings (SSSR count). The molecule has 0 aliphatic heterocycles. The highest BCUT2D eigenvalue weighted by Crippen LogP contribution is 2.26. The van der Waals surface area contributed by atoms with Gasteiger partial charge < -0.3 is 4.90 Å². The first kappa shape index (κ1) is 19.4. The lowest BCUT2D eigenvalue weighted by molar-refractivity contribution is -0.129. The van der Waals surface area contributed by atoms with Crippen LogP contribution in [0.25, 0.3) is 16.9 Å². The summed E-state index contributed by atoms with van der Waals surface area (Å²) in [5.74, 6) is 0.0814. The zero-order valence-electron chi connectivity index (χ0n) is 16.0. The molecule has 6 heteroatoms. The van der Waals surface area contributed by atoms with Crippen LogP contribution in [-0.4, -0.2) is 27.6 Å². The standard InChI is InChI=1S/C23H20ClN3OS/c1-26(22(28)13-17-11-12-29-16-17)14-19-15-27(21-5-3-2-4-6-21)25-23(19)18-7-9-20(24)10-8-18/h2-12,15-16H,13-14H2,1H3. The van der Waals surface area contributed by atoms with E-state index in [0.717, 1.165) is 28.1 Å². The van der Waals surface area contributed by atoms with Gasteiger partial charge in [-0.1, -0.05) is 41.9 Å². The summed E-state index contributed by atoms with van der Waals surface area (Å²) in [6.45, 7) is 0.480. The van der Waals surface area contributed by atoms with E-state index >= 15 is 0 Å². The van der Waals surface area contributed by atoms with E-state index in [0.29, 0.717) is 18.0 Å². The highest BCUT2D eigenvalue weighted by molar-refractivity contribution is 7.08. The zero-order valence-corrected chi connectivity index (χ0v) is 17.5. The van der Waals surface area contributed by atoms with Crippen molar-refractivity contribution in [3.05, 3.63) is 93.8 Å². The predicted molar refractivity (Wildman–Crippen MR) is 119 cm³/mol. The first-order chi connectivity index (χ1) is 14.1. The quantitative estimate of drug-likeness (QED) is 0.415. The largest absolute Gasteiger partial charge is 0.341 e. The Morgan fingerprint density at radius 3 is 2.55 bits per heavy atom. The summed E-state index contributed by atoms with van der Waals surface area (Å²) in [4.78, 5) is 14.4. The first-order valence-electron chi connectivity index (χ1n) is 9.25. The SMILES string of the molecule is CN(Cc1cn(-c2ccccc2)nc1-c1ccc(Cl)cc1)C(=O)Cc1ccsc1. The van der Waals surface area contributed by atoms with Crippen LogP contribution >= 0.6 is 22.9 Å². The zero-order chi connectivity index (χ0) is 20.2. The number of carbonyl (C=O) groups excluding carboxylic acids is 1. The van der Waals surface area contributed by atoms with Gasteiger partial charge in [-0.2, -0.15) is 16.4 Å². The Balaban J connectivity index is 1.64. The van der Waals surface area contributed by atoms with Crippen LogP contribution < -0.4 is 0 Å². The van der Waals surface area contributed by atoms with Gasteiger partial charge in [0.1, 0.15) is 0 Å². The molecule has 0 atom stereocenters. The number of para-hydroxylation sites is 1. The average Bonchev–Trinajstić information content (AvgIpc) is 3.39. The number of aromatic nitrogens is 2. The summed E-state index contributed by atoms with van der Waals surface area (Å²) in [7, 11) is 1.83. The van der Waals surface area contributed by atoms with Crippen molar-refractivity contribution in [2.75, 3.05) is 7.05 Å². The van der Waals surface area contributed by atoms with Crippen molar-refractivity contribution in [3.8, 4) is 16.9 Å². The molecule has 2 aromatic heterocycles. The molecule has 0 aliphatic rings. The molecule has 0 unspecified atom stereocenters. The van der Waals surface area contributed by atoms with Crippen LogP contribution in [0.4, 0.5) is 0 Å². The molecular formula is C23H20ClN3OS. The van der Waals surface area contributed by atoms with E-state index in [1.165, 1.54) is 0 Å². The molecule has 0 spiro atoms. The van der Waals surface area contributed by atoms with Crippen molar-refractivity contribution in [3.63, 3.8) is 0 Å². The number of hydrogen-bond donors (Lipinski definition) is 0. The number of hydrogen-bond acceptors (Lipinski definition) is 3. The second-order valence-electron chi connectivity index (χ2n) is 6.85. The lowest BCUT2D eigenvalue weighted by atomic mass is 10.1. The molecule has 29 heavy (non-hydrogen) atoms. The van der Waals surface area contributed by atoms with Crippen LogP contribution in [0.2, 0.25) is 5.02 Å². The van der Waals surface area contributed by atoms with E-state index in [9.17, 15) is 4.79 Å². The van der Waals surface area contributed by atoms with E-state index in [1.54, 1.807) is 16.2 Å². The molecule has 0 aliphatic carbocycles. The van der Waals surface area contributed by atoms with Crippen molar-refractivity contribution in [1.82, 2.24) is 14.7 Å². The summed E-state index contributed by atoms with van der Waals surface area (Å²) < 4.78 is 1.86. The maximum atomic E-state index is 12.7. The number of rotatable bonds is 6. The fourth-order valence-electron chi connectivity index (χ4n) is 3.14. The predicted octanol–water partition coefficient (Wildman–Crippen LogP) is 5.46. The van der Waals surface area contributed by atoms with Crippen molar-refractivity contribution in [1.29, 1.82) is 0 Å². The average molecular weight is 422 g/mol. The molecule has 4 aromatic rings. The Bertz CT molecular complexity index is 1090. The highest BCUT2D eigenvalue weighted by atomic mass is 35.5. The maximum absolute atomic E-state index is 12.7. The first-order valence-corrected chi connectivity index (χ1v) is 10.6. The van der Waals surface area contributed by atoms with Crippen LogP contribution in [-0.2, 0) is 17.8 Å². The fraction of sp³-hybridized carbons (Fsp3) is 0.130. The van der Waals surface area contributed by atoms with Gasteiger partial charge in [-0.3, -0.25) is 4.79 Å². The Kier molecular flexibility index (Phi) is 5.79. The molecule has 4 nitrogen and oxygen atoms in total. The molecular weight excluding hydrogens is 402 g/mol. The molecule has 2 heterocycles. The number of nitrogens with zero attached hydrogens (tertiary/aromatic N) is 3. The smallest absolute Gasteiger partial charge is 0.227 e. The van der Waals surface area contributed by atoms with Crippen LogP contribution in [0.1, 0.15) is 11.1 Å². The number of carbonyl (C=O) groups is 1. The Morgan fingerprint density at radius 2 is 1.86 bits per heavy atom. The molecule has 0 fully saturated rings. The number of halogens is 1. The second kappa shape index (κ2) is 8.64. The van der Waals surface area contributed by atoms with Crippen LogP contribution in [0, 0.1) is 0 Å². The maximum Gasteiger partial charge on any atom is 0.227 e. The second-order valence-corrected chi connectivity index (χ2v) is 8.06. The summed E-state index contributed by atoms with van der Waals surface area (Å²) in [5.41, 5.74) is 4.82. The minimum Gasteiger partial charge on any atom is -0.341 e. The number of likely N-dealkylation sites (N-methyl/N-ethyl adjacent to an activating group) is 1. The molecule has 146 valence electrons. The van der Waals surface area contributed by atoms with Gasteiger partial charge in [-0.25, -0.2) is 4.68 Å². The third-order valence-electron chi connectivity index (χ3n) is 4.70. The molecule has 0 bridgehead atoms. The van der Waals surface area contributed by atoms with Gasteiger partial charge in [0.25, 0.3) is 0 Å². The Morgan fingerprint density at radius 1 is 1.10 bits per heavy atom. The summed E-state index contributed by atoms with van der Waals surface area (Å²) in [5, 5.41) is 9.49. The van der Waals surface area contributed by atoms with Crippen molar-refractivity contribution in [2.45, 2.75) is 13.0 Å². The van der Waals surface area contributed by atoms with E-state index in [2.05, 4.69) is 0 Å². The third-order valence-corrected chi connectivity index (χ3v) is 5.68. The topological polar surface area (TPSA) is 38.1 Å². The van der Waals surface area contributed by atoms with Crippen LogP contribution in [0.3, 0.4) is 0 Å². The number of thiophene rings is 1. The van der Waals surface area contributed by atoms with Gasteiger partial charge in [0.2, 0.25) is 5.91 Å². The van der Waals surface area contributed by atoms with E-state index < -0.39 is 0 Å². The summed E-state index contributed by atoms with van der Waals surface area (Å²) >= 11 is 7.66. The minimum absolute atomic E-state index is 0.0814. The number of amides is 1. The fourth-order valence-corrected chi connectivity index (χ4v) is 3.93. The lowest BCUT2D eigenvalue weighted by Gasteiger charge is -2.17. The molecule has 1 amide bonds. The molecule has 0 radical (unpaired) electrons. The van der Waals surface area contributed by atoms with E-state index in [-0.39, 0.29) is 5.91 Å². The van der Waals surface area contributed by atoms with Crippen molar-refractivity contribution >= 4 is 28.8 Å². The van der Waals surface area contributed by atoms with E-state index in [1.807, 2.05) is 89.4 Å². The monoisotopic (exact) mass is 421 g/mol. The molecule has 0 N–H and O–H groups in total. The van der Waals surface area contributed by atoms with Gasteiger partial charge in [0.15, 0.2) is 0 Å². The molecule has 0 saturated carbocycles. The van der Waals surface area contributed by atoms with E-state index in [4.69, 9.17) is 16.7 Å². The van der Waals surface area contributed by atoms with Gasteiger partial charge >= 0.3 is 0 Å². The van der Waals surface area contributed by atoms with Gasteiger partial charge in [-0.15, -0.1) is 0 Å². The molecule has 2 aromatic carbocycles. The normalized spacial score (nSPS) is 10.8. The molecule has 0 saturated heterocycles. The van der Waals surface area contributed by atoms with Crippen molar-refractivity contribution in [2.24, 2.45) is 0 Å². The third kappa shape index (κ3) is 4.58.